The summed E-state index contributed by atoms with van der Waals surface area (Å²) in [6.07, 6.45) is 3.69. The zero-order valence-corrected chi connectivity index (χ0v) is 15.5. The molecule has 0 aromatic heterocycles. The van der Waals surface area contributed by atoms with Crippen LogP contribution in [0, 0.1) is 0 Å². The predicted molar refractivity (Wildman–Crippen MR) is 105 cm³/mol. The van der Waals surface area contributed by atoms with Gasteiger partial charge in [0.25, 0.3) is 5.91 Å². The van der Waals surface area contributed by atoms with Crippen molar-refractivity contribution < 1.29 is 14.3 Å². The second-order valence-electron chi connectivity index (χ2n) is 6.74. The van der Waals surface area contributed by atoms with Gasteiger partial charge in [-0.15, -0.1) is 0 Å². The van der Waals surface area contributed by atoms with E-state index >= 15 is 0 Å². The molecular weight excluding hydrogens is 340 g/mol. The molecule has 0 spiro atoms. The van der Waals surface area contributed by atoms with Crippen LogP contribution in [0.15, 0.2) is 54.6 Å². The Labute approximate surface area is 160 Å². The number of ether oxygens (including phenoxy) is 1. The number of nitrogens with one attached hydrogen (secondary N) is 1. The van der Waals surface area contributed by atoms with Crippen molar-refractivity contribution in [3.05, 3.63) is 65.7 Å². The maximum Gasteiger partial charge on any atom is 0.253 e. The molecule has 142 valence electrons. The first kappa shape index (κ1) is 19.0. The van der Waals surface area contributed by atoms with Gasteiger partial charge in [-0.25, -0.2) is 0 Å². The average Bonchev–Trinajstić information content (AvgIpc) is 2.73. The lowest BCUT2D eigenvalue weighted by molar-refractivity contribution is -0.121. The minimum Gasteiger partial charge on any atom is -0.493 e. The second kappa shape index (κ2) is 9.76. The summed E-state index contributed by atoms with van der Waals surface area (Å²) in [4.78, 5) is 26.3. The number of nitrogens with zero attached hydrogens (tertiary/aromatic N) is 1. The molecule has 0 saturated carbocycles. The molecule has 1 saturated heterocycles. The third-order valence-electron chi connectivity index (χ3n) is 4.67. The molecule has 1 fully saturated rings. The number of para-hydroxylation sites is 1. The van der Waals surface area contributed by atoms with Crippen LogP contribution in [0.3, 0.4) is 0 Å². The van der Waals surface area contributed by atoms with Gasteiger partial charge in [0.05, 0.1) is 13.0 Å². The maximum absolute atomic E-state index is 12.5. The number of rotatable bonds is 7. The van der Waals surface area contributed by atoms with Gasteiger partial charge >= 0.3 is 0 Å². The molecule has 0 atom stereocenters. The van der Waals surface area contributed by atoms with E-state index in [1.54, 1.807) is 0 Å². The smallest absolute Gasteiger partial charge is 0.253 e. The third kappa shape index (κ3) is 5.84. The van der Waals surface area contributed by atoms with Gasteiger partial charge in [-0.05, 0) is 49.1 Å². The summed E-state index contributed by atoms with van der Waals surface area (Å²) in [5.41, 5.74) is 1.69. The first-order valence-corrected chi connectivity index (χ1v) is 9.55. The Balaban J connectivity index is 1.40. The summed E-state index contributed by atoms with van der Waals surface area (Å²) in [7, 11) is 0. The highest BCUT2D eigenvalue weighted by atomic mass is 16.5. The Morgan fingerprint density at radius 2 is 1.63 bits per heavy atom. The van der Waals surface area contributed by atoms with E-state index in [9.17, 15) is 9.59 Å². The van der Waals surface area contributed by atoms with Crippen LogP contribution in [-0.2, 0) is 11.3 Å². The summed E-state index contributed by atoms with van der Waals surface area (Å²) in [6, 6.07) is 16.9. The van der Waals surface area contributed by atoms with E-state index in [2.05, 4.69) is 5.32 Å². The van der Waals surface area contributed by atoms with Crippen LogP contribution in [-0.4, -0.2) is 36.4 Å². The monoisotopic (exact) mass is 366 g/mol. The number of hydrogen-bond donors (Lipinski definition) is 1. The number of likely N-dealkylation sites (tertiary alicyclic amines) is 1. The van der Waals surface area contributed by atoms with Crippen molar-refractivity contribution in [2.75, 3.05) is 19.7 Å². The minimum atomic E-state index is -0.0561. The Morgan fingerprint density at radius 3 is 2.33 bits per heavy atom. The van der Waals surface area contributed by atoms with Gasteiger partial charge < -0.3 is 15.0 Å². The summed E-state index contributed by atoms with van der Waals surface area (Å²) < 4.78 is 5.53. The van der Waals surface area contributed by atoms with Crippen LogP contribution < -0.4 is 10.1 Å². The molecule has 2 aromatic rings. The molecular formula is C22H26N2O3. The average molecular weight is 366 g/mol. The molecule has 0 bridgehead atoms. The van der Waals surface area contributed by atoms with Gasteiger partial charge in [0.2, 0.25) is 5.91 Å². The second-order valence-corrected chi connectivity index (χ2v) is 6.74. The predicted octanol–water partition coefficient (Wildman–Crippen LogP) is 3.40. The summed E-state index contributed by atoms with van der Waals surface area (Å²) >= 11 is 0. The molecule has 5 heteroatoms. The molecule has 2 aromatic carbocycles. The zero-order chi connectivity index (χ0) is 18.9. The molecule has 0 aliphatic carbocycles. The van der Waals surface area contributed by atoms with E-state index in [4.69, 9.17) is 4.74 Å². The lowest BCUT2D eigenvalue weighted by atomic mass is 10.1. The van der Waals surface area contributed by atoms with E-state index in [1.165, 1.54) is 6.42 Å². The van der Waals surface area contributed by atoms with Crippen molar-refractivity contribution in [1.82, 2.24) is 10.2 Å². The van der Waals surface area contributed by atoms with Crippen molar-refractivity contribution in [2.24, 2.45) is 0 Å². The van der Waals surface area contributed by atoms with E-state index < -0.39 is 0 Å². The van der Waals surface area contributed by atoms with Crippen LogP contribution >= 0.6 is 0 Å². The Hall–Kier alpha value is -2.82. The molecule has 3 rings (SSSR count). The molecule has 5 nitrogen and oxygen atoms in total. The lowest BCUT2D eigenvalue weighted by Crippen LogP contribution is -2.35. The van der Waals surface area contributed by atoms with E-state index in [0.717, 1.165) is 37.2 Å². The van der Waals surface area contributed by atoms with Crippen LogP contribution in [0.2, 0.25) is 0 Å². The number of amides is 2. The van der Waals surface area contributed by atoms with Gasteiger partial charge in [-0.3, -0.25) is 9.59 Å². The highest BCUT2D eigenvalue weighted by molar-refractivity contribution is 5.94. The van der Waals surface area contributed by atoms with Gasteiger partial charge in [0.15, 0.2) is 0 Å². The van der Waals surface area contributed by atoms with E-state index in [-0.39, 0.29) is 11.8 Å². The number of benzene rings is 2. The number of carbonyl (C=O) groups excluding carboxylic acids is 2. The van der Waals surface area contributed by atoms with Crippen molar-refractivity contribution in [2.45, 2.75) is 32.2 Å². The molecule has 1 aliphatic rings. The van der Waals surface area contributed by atoms with E-state index in [0.29, 0.717) is 25.1 Å². The first-order chi connectivity index (χ1) is 13.2. The van der Waals surface area contributed by atoms with Gasteiger partial charge in [0, 0.05) is 25.2 Å². The molecule has 1 N–H and O–H groups in total. The first-order valence-electron chi connectivity index (χ1n) is 9.55. The summed E-state index contributed by atoms with van der Waals surface area (Å²) in [5.74, 6) is 0.807. The Bertz CT molecular complexity index is 738. The topological polar surface area (TPSA) is 58.6 Å². The minimum absolute atomic E-state index is 0.0561. The normalized spacial score (nSPS) is 13.9. The highest BCUT2D eigenvalue weighted by Gasteiger charge is 2.17. The van der Waals surface area contributed by atoms with E-state index in [1.807, 2.05) is 59.5 Å². The molecule has 2 amide bonds. The fraction of sp³-hybridized carbons (Fsp3) is 0.364. The van der Waals surface area contributed by atoms with Crippen LogP contribution in [0.4, 0.5) is 0 Å². The number of piperidine rings is 1. The molecule has 27 heavy (non-hydrogen) atoms. The zero-order valence-electron chi connectivity index (χ0n) is 15.5. The quantitative estimate of drug-likeness (QED) is 0.817. The Morgan fingerprint density at radius 1 is 0.926 bits per heavy atom. The fourth-order valence-electron chi connectivity index (χ4n) is 3.11. The van der Waals surface area contributed by atoms with Crippen molar-refractivity contribution >= 4 is 11.8 Å². The SMILES string of the molecule is O=C(CCOc1ccccc1)NCc1ccc(C(=O)N2CCCCC2)cc1. The van der Waals surface area contributed by atoms with Crippen LogP contribution in [0.1, 0.15) is 41.6 Å². The van der Waals surface area contributed by atoms with Crippen molar-refractivity contribution in [3.63, 3.8) is 0 Å². The van der Waals surface area contributed by atoms with Gasteiger partial charge in [-0.2, -0.15) is 0 Å². The van der Waals surface area contributed by atoms with Crippen LogP contribution in [0.25, 0.3) is 0 Å². The molecule has 1 heterocycles. The van der Waals surface area contributed by atoms with Crippen LogP contribution in [0.5, 0.6) is 5.75 Å². The van der Waals surface area contributed by atoms with Gasteiger partial charge in [0.1, 0.15) is 5.75 Å². The number of hydrogen-bond acceptors (Lipinski definition) is 3. The standard InChI is InChI=1S/C22H26N2O3/c25-21(13-16-27-20-7-3-1-4-8-20)23-17-18-9-11-19(12-10-18)22(26)24-14-5-2-6-15-24/h1,3-4,7-12H,2,5-6,13-17H2,(H,23,25). The molecule has 0 unspecified atom stereocenters. The highest BCUT2D eigenvalue weighted by Crippen LogP contribution is 2.14. The lowest BCUT2D eigenvalue weighted by Gasteiger charge is -2.26. The summed E-state index contributed by atoms with van der Waals surface area (Å²) in [6.45, 7) is 2.49. The van der Waals surface area contributed by atoms with Crippen molar-refractivity contribution in [1.29, 1.82) is 0 Å². The van der Waals surface area contributed by atoms with Crippen molar-refractivity contribution in [3.8, 4) is 5.75 Å². The fourth-order valence-corrected chi connectivity index (χ4v) is 3.11. The largest absolute Gasteiger partial charge is 0.493 e. The molecule has 0 radical (unpaired) electrons. The maximum atomic E-state index is 12.5. The summed E-state index contributed by atoms with van der Waals surface area (Å²) in [5, 5.41) is 2.88. The third-order valence-corrected chi connectivity index (χ3v) is 4.67. The molecule has 1 aliphatic heterocycles. The Kier molecular flexibility index (Phi) is 6.85. The number of carbonyl (C=O) groups is 2. The van der Waals surface area contributed by atoms with Gasteiger partial charge in [-0.1, -0.05) is 30.3 Å².